The topological polar surface area (TPSA) is 66.5 Å². The number of carbonyl (C=O) groups excluding carboxylic acids is 1. The van der Waals surface area contributed by atoms with Gasteiger partial charge in [-0.15, -0.1) is 0 Å². The van der Waals surface area contributed by atoms with Gasteiger partial charge in [-0.2, -0.15) is 0 Å². The predicted molar refractivity (Wildman–Crippen MR) is 115 cm³/mol. The monoisotopic (exact) mass is 412 g/mol. The van der Waals surface area contributed by atoms with E-state index in [0.29, 0.717) is 17.9 Å². The summed E-state index contributed by atoms with van der Waals surface area (Å²) in [5.41, 5.74) is 2.15. The predicted octanol–water partition coefficient (Wildman–Crippen LogP) is 4.14. The number of nitrogens with one attached hydrogen (secondary N) is 1. The number of carbonyl (C=O) groups is 1. The van der Waals surface area contributed by atoms with Crippen LogP contribution in [0, 0.1) is 5.92 Å². The molecule has 0 spiro atoms. The average Bonchev–Trinajstić information content (AvgIpc) is 3.06. The van der Waals surface area contributed by atoms with Crippen molar-refractivity contribution in [2.45, 2.75) is 62.9 Å². The number of hydrogen-bond acceptors (Lipinski definition) is 3. The number of anilines is 1. The van der Waals surface area contributed by atoms with E-state index in [1.54, 1.807) is 18.2 Å². The Balaban J connectivity index is 1.60. The van der Waals surface area contributed by atoms with Crippen LogP contribution in [0.3, 0.4) is 0 Å². The first-order valence-electron chi connectivity index (χ1n) is 10.4. The Morgan fingerprint density at radius 2 is 1.79 bits per heavy atom. The van der Waals surface area contributed by atoms with Gasteiger partial charge in [-0.3, -0.25) is 9.10 Å². The van der Waals surface area contributed by atoms with Crippen LogP contribution in [0.5, 0.6) is 0 Å². The van der Waals surface area contributed by atoms with Gasteiger partial charge in [0, 0.05) is 17.6 Å². The zero-order chi connectivity index (χ0) is 20.6. The van der Waals surface area contributed by atoms with Crippen molar-refractivity contribution in [1.82, 2.24) is 5.32 Å². The molecule has 2 aromatic carbocycles. The molecule has 0 bridgehead atoms. The summed E-state index contributed by atoms with van der Waals surface area (Å²) < 4.78 is 28.3. The Kier molecular flexibility index (Phi) is 5.38. The van der Waals surface area contributed by atoms with E-state index in [1.165, 1.54) is 16.8 Å². The van der Waals surface area contributed by atoms with Crippen LogP contribution in [0.25, 0.3) is 0 Å². The summed E-state index contributed by atoms with van der Waals surface area (Å²) in [5, 5.41) is 3.11. The second-order valence-electron chi connectivity index (χ2n) is 8.35. The molecule has 29 heavy (non-hydrogen) atoms. The Bertz CT molecular complexity index is 1020. The van der Waals surface area contributed by atoms with Gasteiger partial charge in [-0.1, -0.05) is 44.0 Å². The fraction of sp³-hybridized carbons (Fsp3) is 0.435. The van der Waals surface area contributed by atoms with Crippen molar-refractivity contribution in [2.75, 3.05) is 4.31 Å². The quantitative estimate of drug-likeness (QED) is 0.821. The molecule has 1 fully saturated rings. The van der Waals surface area contributed by atoms with Crippen molar-refractivity contribution in [3.05, 3.63) is 59.7 Å². The maximum atomic E-state index is 13.4. The van der Waals surface area contributed by atoms with Gasteiger partial charge in [0.1, 0.15) is 0 Å². The summed E-state index contributed by atoms with van der Waals surface area (Å²) in [6.45, 7) is 4.08. The summed E-state index contributed by atoms with van der Waals surface area (Å²) in [5.74, 6) is 0.247. The van der Waals surface area contributed by atoms with Gasteiger partial charge < -0.3 is 5.32 Å². The smallest absolute Gasteiger partial charge is 0.264 e. The van der Waals surface area contributed by atoms with Gasteiger partial charge in [0.15, 0.2) is 0 Å². The SMILES string of the molecule is C[C@@H]1CCCC[C@@H]1NC(=O)c1cccc(S(=O)(=O)N2c3ccccc3C[C@@H]2C)c1. The normalized spacial score (nSPS) is 24.2. The van der Waals surface area contributed by atoms with E-state index in [2.05, 4.69) is 12.2 Å². The fourth-order valence-corrected chi connectivity index (χ4v) is 6.34. The van der Waals surface area contributed by atoms with Crippen LogP contribution in [-0.4, -0.2) is 26.4 Å². The van der Waals surface area contributed by atoms with Gasteiger partial charge in [-0.05, 0) is 61.9 Å². The Morgan fingerprint density at radius 3 is 2.59 bits per heavy atom. The molecule has 1 heterocycles. The highest BCUT2D eigenvalue weighted by atomic mass is 32.2. The van der Waals surface area contributed by atoms with Gasteiger partial charge in [0.05, 0.1) is 10.6 Å². The van der Waals surface area contributed by atoms with Gasteiger partial charge in [0.2, 0.25) is 0 Å². The summed E-state index contributed by atoms with van der Waals surface area (Å²) in [4.78, 5) is 13.0. The zero-order valence-electron chi connectivity index (χ0n) is 17.0. The summed E-state index contributed by atoms with van der Waals surface area (Å²) in [6.07, 6.45) is 5.11. The van der Waals surface area contributed by atoms with Crippen molar-refractivity contribution in [2.24, 2.45) is 5.92 Å². The van der Waals surface area contributed by atoms with Crippen LogP contribution in [0.1, 0.15) is 55.5 Å². The van der Waals surface area contributed by atoms with Crippen LogP contribution < -0.4 is 9.62 Å². The molecule has 154 valence electrons. The van der Waals surface area contributed by atoms with Crippen molar-refractivity contribution in [3.63, 3.8) is 0 Å². The third-order valence-electron chi connectivity index (χ3n) is 6.23. The lowest BCUT2D eigenvalue weighted by Gasteiger charge is -2.29. The third-order valence-corrected chi connectivity index (χ3v) is 8.15. The molecule has 0 saturated heterocycles. The number of rotatable bonds is 4. The van der Waals surface area contributed by atoms with E-state index in [1.807, 2.05) is 31.2 Å². The molecule has 1 saturated carbocycles. The molecular formula is C23H28N2O3S. The van der Waals surface area contributed by atoms with Crippen molar-refractivity contribution >= 4 is 21.6 Å². The van der Waals surface area contributed by atoms with E-state index in [9.17, 15) is 13.2 Å². The maximum Gasteiger partial charge on any atom is 0.264 e. The van der Waals surface area contributed by atoms with Crippen LogP contribution in [0.4, 0.5) is 5.69 Å². The minimum atomic E-state index is -3.75. The second-order valence-corrected chi connectivity index (χ2v) is 10.2. The summed E-state index contributed by atoms with van der Waals surface area (Å²) in [7, 11) is -3.75. The molecular weight excluding hydrogens is 384 g/mol. The molecule has 1 N–H and O–H groups in total. The Labute approximate surface area is 173 Å². The van der Waals surface area contributed by atoms with Gasteiger partial charge in [-0.25, -0.2) is 8.42 Å². The van der Waals surface area contributed by atoms with E-state index < -0.39 is 10.0 Å². The second kappa shape index (κ2) is 7.82. The first-order valence-corrected chi connectivity index (χ1v) is 11.8. The summed E-state index contributed by atoms with van der Waals surface area (Å²) >= 11 is 0. The largest absolute Gasteiger partial charge is 0.349 e. The molecule has 1 amide bonds. The van der Waals surface area contributed by atoms with E-state index >= 15 is 0 Å². The molecule has 1 aliphatic heterocycles. The van der Waals surface area contributed by atoms with Crippen LogP contribution in [0.2, 0.25) is 0 Å². The third kappa shape index (κ3) is 3.78. The lowest BCUT2D eigenvalue weighted by molar-refractivity contribution is 0.0910. The minimum Gasteiger partial charge on any atom is -0.349 e. The zero-order valence-corrected chi connectivity index (χ0v) is 17.8. The number of benzene rings is 2. The number of fused-ring (bicyclic) bond motifs is 1. The van der Waals surface area contributed by atoms with Crippen LogP contribution >= 0.6 is 0 Å². The number of amides is 1. The molecule has 0 unspecified atom stereocenters. The standard InChI is InChI=1S/C23H28N2O3S/c1-16-8-3-5-12-21(16)24-23(26)19-10-7-11-20(15-19)29(27,28)25-17(2)14-18-9-4-6-13-22(18)25/h4,6-7,9-11,13,15-17,21H,3,5,8,12,14H2,1-2H3,(H,24,26)/t16-,17+,21+/m1/s1. The van der Waals surface area contributed by atoms with Crippen LogP contribution in [-0.2, 0) is 16.4 Å². The molecule has 1 aliphatic carbocycles. The van der Waals surface area contributed by atoms with Crippen LogP contribution in [0.15, 0.2) is 53.4 Å². The number of hydrogen-bond donors (Lipinski definition) is 1. The molecule has 0 aromatic heterocycles. The van der Waals surface area contributed by atoms with Crippen molar-refractivity contribution < 1.29 is 13.2 Å². The highest BCUT2D eigenvalue weighted by Gasteiger charge is 2.36. The van der Waals surface area contributed by atoms with E-state index in [4.69, 9.17) is 0 Å². The Morgan fingerprint density at radius 1 is 1.03 bits per heavy atom. The first-order chi connectivity index (χ1) is 13.9. The molecule has 4 rings (SSSR count). The van der Waals surface area contributed by atoms with E-state index in [0.717, 1.165) is 30.5 Å². The summed E-state index contributed by atoms with van der Waals surface area (Å²) in [6, 6.07) is 14.0. The van der Waals surface area contributed by atoms with Crippen molar-refractivity contribution in [3.8, 4) is 0 Å². The average molecular weight is 413 g/mol. The Hall–Kier alpha value is -2.34. The molecule has 3 atom stereocenters. The molecule has 5 nitrogen and oxygen atoms in total. The first kappa shape index (κ1) is 20.0. The highest BCUT2D eigenvalue weighted by Crippen LogP contribution is 2.36. The van der Waals surface area contributed by atoms with Crippen molar-refractivity contribution in [1.29, 1.82) is 0 Å². The van der Waals surface area contributed by atoms with Gasteiger partial charge in [0.25, 0.3) is 15.9 Å². The molecule has 6 heteroatoms. The highest BCUT2D eigenvalue weighted by molar-refractivity contribution is 7.92. The molecule has 2 aromatic rings. The molecule has 0 radical (unpaired) electrons. The van der Waals surface area contributed by atoms with E-state index in [-0.39, 0.29) is 22.9 Å². The lowest BCUT2D eigenvalue weighted by Crippen LogP contribution is -2.41. The minimum absolute atomic E-state index is 0.155. The molecule has 2 aliphatic rings. The van der Waals surface area contributed by atoms with Gasteiger partial charge >= 0.3 is 0 Å². The number of sulfonamides is 1. The maximum absolute atomic E-state index is 13.4. The lowest BCUT2D eigenvalue weighted by atomic mass is 9.86. The number of para-hydroxylation sites is 1. The number of nitrogens with zero attached hydrogens (tertiary/aromatic N) is 1. The fourth-order valence-electron chi connectivity index (χ4n) is 4.60.